The third-order valence-corrected chi connectivity index (χ3v) is 3.55. The van der Waals surface area contributed by atoms with Crippen LogP contribution in [-0.4, -0.2) is 50.3 Å². The van der Waals surface area contributed by atoms with E-state index in [1.54, 1.807) is 23.7 Å². The third-order valence-electron chi connectivity index (χ3n) is 2.80. The smallest absolute Gasteiger partial charge is 0.321 e. The normalized spacial score (nSPS) is 15.5. The van der Waals surface area contributed by atoms with Gasteiger partial charge in [0.2, 0.25) is 0 Å². The van der Waals surface area contributed by atoms with Gasteiger partial charge in [-0.2, -0.15) is 0 Å². The van der Waals surface area contributed by atoms with Crippen LogP contribution < -0.4 is 5.32 Å². The first-order chi connectivity index (χ1) is 9.19. The highest BCUT2D eigenvalue weighted by Gasteiger charge is 2.20. The fraction of sp³-hybridized carbons (Fsp3) is 0.462. The second kappa shape index (κ2) is 6.79. The Kier molecular flexibility index (Phi) is 5.07. The lowest BCUT2D eigenvalue weighted by molar-refractivity contribution is -0.0518. The zero-order chi connectivity index (χ0) is 13.7. The van der Waals surface area contributed by atoms with Gasteiger partial charge < -0.3 is 19.7 Å². The van der Waals surface area contributed by atoms with Crippen molar-refractivity contribution in [1.29, 1.82) is 0 Å². The van der Waals surface area contributed by atoms with Gasteiger partial charge in [0, 0.05) is 17.6 Å². The van der Waals surface area contributed by atoms with Crippen molar-refractivity contribution in [3.05, 3.63) is 24.3 Å². The Labute approximate surface area is 117 Å². The van der Waals surface area contributed by atoms with E-state index in [2.05, 4.69) is 5.32 Å². The summed E-state index contributed by atoms with van der Waals surface area (Å²) in [7, 11) is 1.72. The maximum Gasteiger partial charge on any atom is 0.321 e. The molecule has 1 saturated heterocycles. The average molecular weight is 282 g/mol. The van der Waals surface area contributed by atoms with E-state index >= 15 is 0 Å². The summed E-state index contributed by atoms with van der Waals surface area (Å²) in [6, 6.07) is 7.56. The van der Waals surface area contributed by atoms with Crippen LogP contribution in [0.15, 0.2) is 29.2 Å². The summed E-state index contributed by atoms with van der Waals surface area (Å²) in [5, 5.41) is 2.83. The first-order valence-corrected chi connectivity index (χ1v) is 7.31. The Morgan fingerprint density at radius 1 is 1.37 bits per heavy atom. The predicted molar refractivity (Wildman–Crippen MR) is 75.6 cm³/mol. The van der Waals surface area contributed by atoms with Crippen LogP contribution in [0.3, 0.4) is 0 Å². The summed E-state index contributed by atoms with van der Waals surface area (Å²) in [5.74, 6) is 0. The molecule has 1 heterocycles. The summed E-state index contributed by atoms with van der Waals surface area (Å²) in [6.07, 6.45) is 1.71. The van der Waals surface area contributed by atoms with Gasteiger partial charge in [-0.3, -0.25) is 0 Å². The topological polar surface area (TPSA) is 50.8 Å². The molecule has 1 aliphatic heterocycles. The number of hydrogen-bond acceptors (Lipinski definition) is 4. The Balaban J connectivity index is 1.84. The summed E-state index contributed by atoms with van der Waals surface area (Å²) in [6.45, 7) is 1.61. The van der Waals surface area contributed by atoms with Crippen molar-refractivity contribution in [2.75, 3.05) is 38.4 Å². The number of nitrogens with one attached hydrogen (secondary N) is 1. The van der Waals surface area contributed by atoms with Crippen molar-refractivity contribution in [3.63, 3.8) is 0 Å². The van der Waals surface area contributed by atoms with Crippen molar-refractivity contribution < 1.29 is 14.3 Å². The van der Waals surface area contributed by atoms with E-state index in [1.807, 2.05) is 30.5 Å². The number of amides is 2. The minimum absolute atomic E-state index is 0.170. The first-order valence-electron chi connectivity index (χ1n) is 6.08. The third kappa shape index (κ3) is 4.12. The van der Waals surface area contributed by atoms with Crippen LogP contribution in [0.25, 0.3) is 0 Å². The Bertz CT molecular complexity index is 418. The molecular weight excluding hydrogens is 264 g/mol. The van der Waals surface area contributed by atoms with Crippen molar-refractivity contribution in [1.82, 2.24) is 4.90 Å². The van der Waals surface area contributed by atoms with Gasteiger partial charge in [0.25, 0.3) is 0 Å². The largest absolute Gasteiger partial charge is 0.348 e. The van der Waals surface area contributed by atoms with Crippen LogP contribution in [-0.2, 0) is 9.47 Å². The molecule has 1 fully saturated rings. The number of ether oxygens (including phenoxy) is 2. The van der Waals surface area contributed by atoms with Gasteiger partial charge >= 0.3 is 6.03 Å². The fourth-order valence-corrected chi connectivity index (χ4v) is 2.12. The maximum absolute atomic E-state index is 12.0. The molecule has 0 aliphatic carbocycles. The minimum Gasteiger partial charge on any atom is -0.348 e. The van der Waals surface area contributed by atoms with Crippen molar-refractivity contribution >= 4 is 23.5 Å². The molecule has 0 aromatic heterocycles. The van der Waals surface area contributed by atoms with E-state index in [-0.39, 0.29) is 12.3 Å². The summed E-state index contributed by atoms with van der Waals surface area (Å²) in [4.78, 5) is 14.7. The van der Waals surface area contributed by atoms with Crippen LogP contribution in [0.1, 0.15) is 0 Å². The number of hydrogen-bond donors (Lipinski definition) is 1. The van der Waals surface area contributed by atoms with Crippen molar-refractivity contribution in [2.45, 2.75) is 11.2 Å². The highest BCUT2D eigenvalue weighted by molar-refractivity contribution is 7.98. The van der Waals surface area contributed by atoms with Gasteiger partial charge in [-0.25, -0.2) is 4.79 Å². The van der Waals surface area contributed by atoms with Crippen LogP contribution in [0, 0.1) is 0 Å². The molecule has 1 aliphatic rings. The predicted octanol–water partition coefficient (Wildman–Crippen LogP) is 2.25. The Morgan fingerprint density at radius 2 is 2.00 bits per heavy atom. The molecule has 1 N–H and O–H groups in total. The highest BCUT2D eigenvalue weighted by atomic mass is 32.2. The summed E-state index contributed by atoms with van der Waals surface area (Å²) in [5.41, 5.74) is 0.780. The average Bonchev–Trinajstić information content (AvgIpc) is 2.92. The number of nitrogens with zero attached hydrogens (tertiary/aromatic N) is 1. The van der Waals surface area contributed by atoms with Gasteiger partial charge in [0.15, 0.2) is 6.29 Å². The number of carbonyl (C=O) groups excluding carboxylic acids is 1. The van der Waals surface area contributed by atoms with Crippen molar-refractivity contribution in [3.8, 4) is 0 Å². The molecule has 6 heteroatoms. The van der Waals surface area contributed by atoms with E-state index in [0.29, 0.717) is 19.8 Å². The molecule has 19 heavy (non-hydrogen) atoms. The summed E-state index contributed by atoms with van der Waals surface area (Å²) >= 11 is 1.67. The van der Waals surface area contributed by atoms with Gasteiger partial charge in [-0.1, -0.05) is 0 Å². The number of urea groups is 1. The molecule has 1 aromatic rings. The number of benzene rings is 1. The molecule has 0 saturated carbocycles. The molecule has 2 rings (SSSR count). The van der Waals surface area contributed by atoms with Gasteiger partial charge in [-0.15, -0.1) is 11.8 Å². The van der Waals surface area contributed by atoms with Crippen LogP contribution in [0.4, 0.5) is 10.5 Å². The maximum atomic E-state index is 12.0. The van der Waals surface area contributed by atoms with Crippen molar-refractivity contribution in [2.24, 2.45) is 0 Å². The Morgan fingerprint density at radius 3 is 2.58 bits per heavy atom. The molecule has 104 valence electrons. The highest BCUT2D eigenvalue weighted by Crippen LogP contribution is 2.17. The molecule has 0 atom stereocenters. The van der Waals surface area contributed by atoms with E-state index < -0.39 is 0 Å². The van der Waals surface area contributed by atoms with E-state index in [0.717, 1.165) is 5.69 Å². The zero-order valence-corrected chi connectivity index (χ0v) is 11.9. The molecule has 2 amide bonds. The number of anilines is 1. The van der Waals surface area contributed by atoms with E-state index in [9.17, 15) is 4.79 Å². The number of carbonyl (C=O) groups is 1. The molecule has 0 bridgehead atoms. The molecule has 1 aromatic carbocycles. The molecule has 0 unspecified atom stereocenters. The van der Waals surface area contributed by atoms with E-state index in [1.165, 1.54) is 4.90 Å². The standard InChI is InChI=1S/C13H18N2O3S/c1-15(9-12-17-7-8-18-12)13(16)14-10-3-5-11(19-2)6-4-10/h3-6,12H,7-9H2,1-2H3,(H,14,16). The van der Waals surface area contributed by atoms with Gasteiger partial charge in [-0.05, 0) is 30.5 Å². The number of thioether (sulfide) groups is 1. The first kappa shape index (κ1) is 14.2. The quantitative estimate of drug-likeness (QED) is 0.861. The van der Waals surface area contributed by atoms with Gasteiger partial charge in [0.05, 0.1) is 19.8 Å². The zero-order valence-electron chi connectivity index (χ0n) is 11.1. The van der Waals surface area contributed by atoms with E-state index in [4.69, 9.17) is 9.47 Å². The minimum atomic E-state index is -0.311. The molecule has 0 spiro atoms. The van der Waals surface area contributed by atoms with Crippen LogP contribution >= 0.6 is 11.8 Å². The number of likely N-dealkylation sites (N-methyl/N-ethyl adjacent to an activating group) is 1. The van der Waals surface area contributed by atoms with Gasteiger partial charge in [0.1, 0.15) is 0 Å². The lowest BCUT2D eigenvalue weighted by Crippen LogP contribution is -2.37. The molecular formula is C13H18N2O3S. The fourth-order valence-electron chi connectivity index (χ4n) is 1.71. The Hall–Kier alpha value is -1.24. The second-order valence-electron chi connectivity index (χ2n) is 4.21. The lowest BCUT2D eigenvalue weighted by atomic mass is 10.3. The monoisotopic (exact) mass is 282 g/mol. The summed E-state index contributed by atoms with van der Waals surface area (Å²) < 4.78 is 10.6. The number of rotatable bonds is 4. The van der Waals surface area contributed by atoms with Crippen LogP contribution in [0.5, 0.6) is 0 Å². The molecule has 5 nitrogen and oxygen atoms in total. The molecule has 0 radical (unpaired) electrons. The SMILES string of the molecule is CSc1ccc(NC(=O)N(C)CC2OCCO2)cc1. The lowest BCUT2D eigenvalue weighted by Gasteiger charge is -2.20. The second-order valence-corrected chi connectivity index (χ2v) is 5.09. The van der Waals surface area contributed by atoms with Crippen LogP contribution in [0.2, 0.25) is 0 Å².